The maximum Gasteiger partial charge on any atom is 0.119 e. The molecular formula is C19H25NO3S. The van der Waals surface area contributed by atoms with E-state index in [1.165, 1.54) is 10.6 Å². The fourth-order valence-corrected chi connectivity index (χ4v) is 3.57. The predicted molar refractivity (Wildman–Crippen MR) is 98.2 cm³/mol. The summed E-state index contributed by atoms with van der Waals surface area (Å²) in [4.78, 5) is 3.70. The zero-order valence-corrected chi connectivity index (χ0v) is 15.0. The molecule has 1 aliphatic heterocycles. The Kier molecular flexibility index (Phi) is 6.52. The highest BCUT2D eigenvalue weighted by molar-refractivity contribution is 7.09. The van der Waals surface area contributed by atoms with Gasteiger partial charge in [-0.25, -0.2) is 0 Å². The lowest BCUT2D eigenvalue weighted by Gasteiger charge is -2.25. The van der Waals surface area contributed by atoms with E-state index in [2.05, 4.69) is 34.5 Å². The number of benzene rings is 1. The lowest BCUT2D eigenvalue weighted by Crippen LogP contribution is -2.28. The first-order valence-corrected chi connectivity index (χ1v) is 9.34. The van der Waals surface area contributed by atoms with Crippen molar-refractivity contribution in [3.05, 3.63) is 46.7 Å². The molecule has 0 spiro atoms. The first kappa shape index (κ1) is 17.3. The largest absolute Gasteiger partial charge is 0.497 e. The Bertz CT molecular complexity index is 579. The minimum atomic E-state index is 0.289. The first-order chi connectivity index (χ1) is 11.8. The molecule has 1 atom stereocenters. The molecule has 4 nitrogen and oxygen atoms in total. The second-order valence-electron chi connectivity index (χ2n) is 5.91. The molecule has 24 heavy (non-hydrogen) atoms. The van der Waals surface area contributed by atoms with Crippen LogP contribution in [-0.2, 0) is 16.0 Å². The summed E-state index contributed by atoms with van der Waals surface area (Å²) in [6, 6.07) is 12.5. The van der Waals surface area contributed by atoms with Gasteiger partial charge < -0.3 is 19.1 Å². The van der Waals surface area contributed by atoms with Gasteiger partial charge in [-0.15, -0.1) is 11.3 Å². The number of hydrogen-bond donors (Lipinski definition) is 0. The molecule has 2 aromatic rings. The average molecular weight is 347 g/mol. The topological polar surface area (TPSA) is 30.9 Å². The van der Waals surface area contributed by atoms with E-state index in [4.69, 9.17) is 14.2 Å². The number of ether oxygens (including phenoxy) is 3. The number of thiophene rings is 1. The van der Waals surface area contributed by atoms with E-state index in [9.17, 15) is 0 Å². The van der Waals surface area contributed by atoms with Crippen LogP contribution in [0.3, 0.4) is 0 Å². The Labute approximate surface area is 148 Å². The molecule has 1 aromatic carbocycles. The highest BCUT2D eigenvalue weighted by Gasteiger charge is 2.15. The molecule has 0 N–H and O–H groups in total. The van der Waals surface area contributed by atoms with Crippen molar-refractivity contribution in [3.63, 3.8) is 0 Å². The molecule has 0 radical (unpaired) electrons. The SMILES string of the molecule is COc1ccc(N(CCOCC2CCCO2)Cc2cccs2)cc1. The molecule has 0 amide bonds. The van der Waals surface area contributed by atoms with Gasteiger partial charge in [0.05, 0.1) is 33.0 Å². The van der Waals surface area contributed by atoms with Crippen LogP contribution in [0.5, 0.6) is 5.75 Å². The summed E-state index contributed by atoms with van der Waals surface area (Å²) in [6.45, 7) is 4.04. The van der Waals surface area contributed by atoms with E-state index in [1.54, 1.807) is 18.4 Å². The molecule has 1 fully saturated rings. The zero-order valence-electron chi connectivity index (χ0n) is 14.1. The quantitative estimate of drug-likeness (QED) is 0.643. The molecule has 0 saturated carbocycles. The highest BCUT2D eigenvalue weighted by Crippen LogP contribution is 2.22. The van der Waals surface area contributed by atoms with Gasteiger partial charge in [-0.3, -0.25) is 0 Å². The number of anilines is 1. The predicted octanol–water partition coefficient (Wildman–Crippen LogP) is 3.96. The Hall–Kier alpha value is -1.56. The van der Waals surface area contributed by atoms with Crippen LogP contribution in [0.15, 0.2) is 41.8 Å². The van der Waals surface area contributed by atoms with Crippen LogP contribution >= 0.6 is 11.3 Å². The summed E-state index contributed by atoms with van der Waals surface area (Å²) in [5.74, 6) is 0.879. The van der Waals surface area contributed by atoms with Gasteiger partial charge in [-0.1, -0.05) is 6.07 Å². The van der Waals surface area contributed by atoms with Gasteiger partial charge in [0.1, 0.15) is 5.75 Å². The number of nitrogens with zero attached hydrogens (tertiary/aromatic N) is 1. The average Bonchev–Trinajstić information content (AvgIpc) is 3.31. The van der Waals surface area contributed by atoms with Gasteiger partial charge in [0.25, 0.3) is 0 Å². The summed E-state index contributed by atoms with van der Waals surface area (Å²) < 4.78 is 16.7. The molecule has 5 heteroatoms. The van der Waals surface area contributed by atoms with Crippen LogP contribution in [-0.4, -0.2) is 39.6 Å². The first-order valence-electron chi connectivity index (χ1n) is 8.46. The van der Waals surface area contributed by atoms with Crippen LogP contribution in [0.25, 0.3) is 0 Å². The zero-order chi connectivity index (χ0) is 16.6. The summed E-state index contributed by atoms with van der Waals surface area (Å²) in [5.41, 5.74) is 1.19. The van der Waals surface area contributed by atoms with E-state index in [0.717, 1.165) is 38.3 Å². The number of rotatable bonds is 9. The van der Waals surface area contributed by atoms with E-state index in [0.29, 0.717) is 13.2 Å². The molecule has 2 heterocycles. The normalized spacial score (nSPS) is 17.1. The lowest BCUT2D eigenvalue weighted by molar-refractivity contribution is 0.0195. The van der Waals surface area contributed by atoms with Crippen LogP contribution < -0.4 is 9.64 Å². The second kappa shape index (κ2) is 9.06. The minimum absolute atomic E-state index is 0.289. The van der Waals surface area contributed by atoms with Crippen LogP contribution in [0, 0.1) is 0 Å². The Morgan fingerprint density at radius 1 is 1.25 bits per heavy atom. The van der Waals surface area contributed by atoms with E-state index >= 15 is 0 Å². The molecule has 1 aromatic heterocycles. The molecule has 0 aliphatic carbocycles. The maximum atomic E-state index is 5.85. The van der Waals surface area contributed by atoms with Crippen molar-refractivity contribution in [1.82, 2.24) is 0 Å². The number of hydrogen-bond acceptors (Lipinski definition) is 5. The third kappa shape index (κ3) is 4.97. The highest BCUT2D eigenvalue weighted by atomic mass is 32.1. The van der Waals surface area contributed by atoms with Crippen molar-refractivity contribution < 1.29 is 14.2 Å². The minimum Gasteiger partial charge on any atom is -0.497 e. The Morgan fingerprint density at radius 2 is 2.12 bits per heavy atom. The van der Waals surface area contributed by atoms with E-state index < -0.39 is 0 Å². The third-order valence-corrected chi connectivity index (χ3v) is 5.06. The molecule has 3 rings (SSSR count). The third-order valence-electron chi connectivity index (χ3n) is 4.20. The molecular weight excluding hydrogens is 322 g/mol. The second-order valence-corrected chi connectivity index (χ2v) is 6.94. The van der Waals surface area contributed by atoms with Crippen LogP contribution in [0.1, 0.15) is 17.7 Å². The van der Waals surface area contributed by atoms with E-state index in [1.807, 2.05) is 12.1 Å². The molecule has 1 unspecified atom stereocenters. The Morgan fingerprint density at radius 3 is 2.79 bits per heavy atom. The maximum absolute atomic E-state index is 5.85. The fraction of sp³-hybridized carbons (Fsp3) is 0.474. The number of methoxy groups -OCH3 is 1. The van der Waals surface area contributed by atoms with Crippen molar-refractivity contribution in [2.75, 3.05) is 38.4 Å². The van der Waals surface area contributed by atoms with Crippen molar-refractivity contribution in [3.8, 4) is 5.75 Å². The van der Waals surface area contributed by atoms with Gasteiger partial charge in [0.2, 0.25) is 0 Å². The monoisotopic (exact) mass is 347 g/mol. The van der Waals surface area contributed by atoms with Crippen molar-refractivity contribution in [2.24, 2.45) is 0 Å². The fourth-order valence-electron chi connectivity index (χ4n) is 2.85. The van der Waals surface area contributed by atoms with Gasteiger partial charge in [-0.2, -0.15) is 0 Å². The molecule has 1 aliphatic rings. The van der Waals surface area contributed by atoms with Crippen molar-refractivity contribution in [1.29, 1.82) is 0 Å². The van der Waals surface area contributed by atoms with Crippen molar-refractivity contribution >= 4 is 17.0 Å². The van der Waals surface area contributed by atoms with Crippen LogP contribution in [0.2, 0.25) is 0 Å². The standard InChI is InChI=1S/C19H25NO3S/c1-21-17-8-6-16(7-9-17)20(14-19-5-3-13-24-19)10-12-22-15-18-4-2-11-23-18/h3,5-9,13,18H,2,4,10-12,14-15H2,1H3. The van der Waals surface area contributed by atoms with Gasteiger partial charge in [0.15, 0.2) is 0 Å². The molecule has 1 saturated heterocycles. The lowest BCUT2D eigenvalue weighted by atomic mass is 10.2. The summed E-state index contributed by atoms with van der Waals surface area (Å²) >= 11 is 1.79. The van der Waals surface area contributed by atoms with Crippen LogP contribution in [0.4, 0.5) is 5.69 Å². The van der Waals surface area contributed by atoms with Gasteiger partial charge >= 0.3 is 0 Å². The summed E-state index contributed by atoms with van der Waals surface area (Å²) in [7, 11) is 1.69. The van der Waals surface area contributed by atoms with Crippen molar-refractivity contribution in [2.45, 2.75) is 25.5 Å². The van der Waals surface area contributed by atoms with E-state index in [-0.39, 0.29) is 6.10 Å². The smallest absolute Gasteiger partial charge is 0.119 e. The Balaban J connectivity index is 1.56. The van der Waals surface area contributed by atoms with Gasteiger partial charge in [0, 0.05) is 23.7 Å². The molecule has 130 valence electrons. The molecule has 0 bridgehead atoms. The summed E-state index contributed by atoms with van der Waals surface area (Å²) in [5, 5.41) is 2.12. The van der Waals surface area contributed by atoms with Gasteiger partial charge in [-0.05, 0) is 48.6 Å². The summed E-state index contributed by atoms with van der Waals surface area (Å²) in [6.07, 6.45) is 2.57.